The SMILES string of the molecule is CN(c1ccc2c(c1)C(C)(c1ccccc1)c1ccccc1-2)c1ccc2c(c1)C(c1ccccc1)(c1ccccc1)c1ccccc1-2. The van der Waals surface area contributed by atoms with Gasteiger partial charge in [-0.1, -0.05) is 152 Å². The molecule has 0 saturated heterocycles. The highest BCUT2D eigenvalue weighted by Crippen LogP contribution is 2.57. The van der Waals surface area contributed by atoms with Gasteiger partial charge in [0.2, 0.25) is 0 Å². The molecule has 0 saturated carbocycles. The van der Waals surface area contributed by atoms with E-state index in [1.165, 1.54) is 72.6 Å². The zero-order valence-corrected chi connectivity index (χ0v) is 26.7. The van der Waals surface area contributed by atoms with Crippen molar-refractivity contribution in [1.82, 2.24) is 0 Å². The molecule has 0 radical (unpaired) electrons. The molecular formula is C46H35N. The number of benzene rings is 7. The van der Waals surface area contributed by atoms with E-state index in [2.05, 4.69) is 195 Å². The van der Waals surface area contributed by atoms with Crippen molar-refractivity contribution in [1.29, 1.82) is 0 Å². The number of hydrogen-bond acceptors (Lipinski definition) is 1. The van der Waals surface area contributed by atoms with Crippen LogP contribution in [-0.4, -0.2) is 7.05 Å². The van der Waals surface area contributed by atoms with E-state index in [4.69, 9.17) is 0 Å². The zero-order chi connectivity index (χ0) is 31.6. The van der Waals surface area contributed by atoms with E-state index in [1.54, 1.807) is 0 Å². The van der Waals surface area contributed by atoms with Gasteiger partial charge in [0.25, 0.3) is 0 Å². The van der Waals surface area contributed by atoms with E-state index in [0.29, 0.717) is 0 Å². The molecule has 0 amide bonds. The minimum absolute atomic E-state index is 0.237. The first kappa shape index (κ1) is 27.6. The van der Waals surface area contributed by atoms with Crippen molar-refractivity contribution in [3.63, 3.8) is 0 Å². The Balaban J connectivity index is 1.23. The molecule has 0 bridgehead atoms. The largest absolute Gasteiger partial charge is 0.345 e. The molecule has 1 unspecified atom stereocenters. The number of nitrogens with zero attached hydrogens (tertiary/aromatic N) is 1. The fourth-order valence-electron chi connectivity index (χ4n) is 8.56. The second kappa shape index (κ2) is 10.4. The first-order chi connectivity index (χ1) is 23.1. The van der Waals surface area contributed by atoms with Gasteiger partial charge in [0.15, 0.2) is 0 Å². The summed E-state index contributed by atoms with van der Waals surface area (Å²) in [6.45, 7) is 2.39. The zero-order valence-electron chi connectivity index (χ0n) is 26.7. The monoisotopic (exact) mass is 601 g/mol. The summed E-state index contributed by atoms with van der Waals surface area (Å²) in [5.74, 6) is 0. The van der Waals surface area contributed by atoms with E-state index < -0.39 is 5.41 Å². The van der Waals surface area contributed by atoms with E-state index in [0.717, 1.165) is 0 Å². The van der Waals surface area contributed by atoms with E-state index >= 15 is 0 Å². The van der Waals surface area contributed by atoms with Gasteiger partial charge in [0.05, 0.1) is 5.41 Å². The maximum Gasteiger partial charge on any atom is 0.0714 e. The first-order valence-corrected chi connectivity index (χ1v) is 16.5. The molecule has 2 aliphatic carbocycles. The van der Waals surface area contributed by atoms with Gasteiger partial charge in [-0.25, -0.2) is 0 Å². The van der Waals surface area contributed by atoms with E-state index in [-0.39, 0.29) is 5.41 Å². The van der Waals surface area contributed by atoms with Gasteiger partial charge >= 0.3 is 0 Å². The van der Waals surface area contributed by atoms with Crippen molar-refractivity contribution in [2.75, 3.05) is 11.9 Å². The molecule has 47 heavy (non-hydrogen) atoms. The molecule has 0 spiro atoms. The quantitative estimate of drug-likeness (QED) is 0.190. The fourth-order valence-corrected chi connectivity index (χ4v) is 8.56. The Bertz CT molecular complexity index is 2230. The Morgan fingerprint density at radius 1 is 0.362 bits per heavy atom. The third-order valence-corrected chi connectivity index (χ3v) is 10.9. The van der Waals surface area contributed by atoms with Crippen LogP contribution >= 0.6 is 0 Å². The molecule has 0 fully saturated rings. The molecule has 7 aromatic carbocycles. The van der Waals surface area contributed by atoms with Crippen molar-refractivity contribution in [3.8, 4) is 22.3 Å². The van der Waals surface area contributed by atoms with Crippen LogP contribution in [0, 0.1) is 0 Å². The molecular weight excluding hydrogens is 567 g/mol. The van der Waals surface area contributed by atoms with Crippen molar-refractivity contribution >= 4 is 11.4 Å². The summed E-state index contributed by atoms with van der Waals surface area (Å²) in [4.78, 5) is 2.36. The van der Waals surface area contributed by atoms with Crippen LogP contribution in [0.5, 0.6) is 0 Å². The molecule has 7 aromatic rings. The number of anilines is 2. The molecule has 0 N–H and O–H groups in total. The second-order valence-corrected chi connectivity index (χ2v) is 13.1. The van der Waals surface area contributed by atoms with Gasteiger partial charge < -0.3 is 4.90 Å². The average molecular weight is 602 g/mol. The van der Waals surface area contributed by atoms with Crippen LogP contribution in [-0.2, 0) is 10.8 Å². The Morgan fingerprint density at radius 3 is 1.34 bits per heavy atom. The smallest absolute Gasteiger partial charge is 0.0714 e. The van der Waals surface area contributed by atoms with Crippen LogP contribution in [0.1, 0.15) is 45.9 Å². The first-order valence-electron chi connectivity index (χ1n) is 16.5. The Hall–Kier alpha value is -5.66. The van der Waals surface area contributed by atoms with Crippen LogP contribution in [0.3, 0.4) is 0 Å². The van der Waals surface area contributed by atoms with Crippen molar-refractivity contribution < 1.29 is 0 Å². The van der Waals surface area contributed by atoms with Gasteiger partial charge in [-0.3, -0.25) is 0 Å². The highest BCUT2D eigenvalue weighted by Gasteiger charge is 2.46. The third-order valence-electron chi connectivity index (χ3n) is 10.9. The fraction of sp³-hybridized carbons (Fsp3) is 0.0870. The van der Waals surface area contributed by atoms with Gasteiger partial charge in [0, 0.05) is 23.8 Å². The Kier molecular flexibility index (Phi) is 6.14. The summed E-state index contributed by atoms with van der Waals surface area (Å²) in [5, 5.41) is 0. The summed E-state index contributed by atoms with van der Waals surface area (Å²) in [6, 6.07) is 65.0. The number of hydrogen-bond donors (Lipinski definition) is 0. The van der Waals surface area contributed by atoms with Crippen molar-refractivity contribution in [3.05, 3.63) is 215 Å². The highest BCUT2D eigenvalue weighted by atomic mass is 15.1. The lowest BCUT2D eigenvalue weighted by Gasteiger charge is -2.34. The maximum absolute atomic E-state index is 2.44. The minimum atomic E-state index is -0.420. The molecule has 0 aliphatic heterocycles. The van der Waals surface area contributed by atoms with E-state index in [1.807, 2.05) is 0 Å². The van der Waals surface area contributed by atoms with Crippen molar-refractivity contribution in [2.24, 2.45) is 0 Å². The predicted molar refractivity (Wildman–Crippen MR) is 196 cm³/mol. The number of fused-ring (bicyclic) bond motifs is 6. The molecule has 1 nitrogen and oxygen atoms in total. The molecule has 1 heteroatoms. The molecule has 224 valence electrons. The number of rotatable bonds is 5. The maximum atomic E-state index is 2.44. The average Bonchev–Trinajstić information content (AvgIpc) is 3.59. The lowest BCUT2D eigenvalue weighted by Crippen LogP contribution is -2.28. The Morgan fingerprint density at radius 2 is 0.766 bits per heavy atom. The summed E-state index contributed by atoms with van der Waals surface area (Å²) in [6.07, 6.45) is 0. The lowest BCUT2D eigenvalue weighted by molar-refractivity contribution is 0.714. The van der Waals surface area contributed by atoms with Gasteiger partial charge in [0.1, 0.15) is 0 Å². The predicted octanol–water partition coefficient (Wildman–Crippen LogP) is 11.2. The summed E-state index contributed by atoms with van der Waals surface area (Å²) >= 11 is 0. The summed E-state index contributed by atoms with van der Waals surface area (Å²) < 4.78 is 0. The van der Waals surface area contributed by atoms with Gasteiger partial charge in [-0.2, -0.15) is 0 Å². The molecule has 0 heterocycles. The molecule has 2 aliphatic rings. The van der Waals surface area contributed by atoms with Crippen LogP contribution in [0.15, 0.2) is 176 Å². The minimum Gasteiger partial charge on any atom is -0.345 e. The van der Waals surface area contributed by atoms with Crippen molar-refractivity contribution in [2.45, 2.75) is 17.8 Å². The van der Waals surface area contributed by atoms with Crippen LogP contribution < -0.4 is 4.90 Å². The highest BCUT2D eigenvalue weighted by molar-refractivity contribution is 5.89. The van der Waals surface area contributed by atoms with E-state index in [9.17, 15) is 0 Å². The normalized spacial score (nSPS) is 16.6. The second-order valence-electron chi connectivity index (χ2n) is 13.1. The molecule has 9 rings (SSSR count). The summed E-state index contributed by atoms with van der Waals surface area (Å²) in [5.41, 5.74) is 16.2. The van der Waals surface area contributed by atoms with Crippen LogP contribution in [0.2, 0.25) is 0 Å². The summed E-state index contributed by atoms with van der Waals surface area (Å²) in [7, 11) is 2.21. The Labute approximate surface area is 277 Å². The molecule has 0 aromatic heterocycles. The topological polar surface area (TPSA) is 3.24 Å². The van der Waals surface area contributed by atoms with Crippen LogP contribution in [0.25, 0.3) is 22.3 Å². The van der Waals surface area contributed by atoms with Gasteiger partial charge in [-0.05, 0) is 92.4 Å². The van der Waals surface area contributed by atoms with Crippen LogP contribution in [0.4, 0.5) is 11.4 Å². The standard InChI is InChI=1S/C46H35N/c1-45(32-16-6-3-7-17-32)41-24-14-12-22-37(41)39-28-26-35(30-43(39)45)47(2)36-27-29-40-38-23-13-15-25-42(38)46(44(40)31-36,33-18-8-4-9-19-33)34-20-10-5-11-21-34/h3-31H,1-2H3. The lowest BCUT2D eigenvalue weighted by atomic mass is 9.67. The third kappa shape index (κ3) is 3.84. The molecule has 1 atom stereocenters. The van der Waals surface area contributed by atoms with Gasteiger partial charge in [-0.15, -0.1) is 0 Å².